The van der Waals surface area contributed by atoms with Crippen LogP contribution in [0.4, 0.5) is 0 Å². The lowest BCUT2D eigenvalue weighted by atomic mass is 10.1. The highest BCUT2D eigenvalue weighted by atomic mass is 31.2. The van der Waals surface area contributed by atoms with Gasteiger partial charge in [-0.1, -0.05) is 30.3 Å². The molecule has 1 atom stereocenters. The Balaban J connectivity index is 0.000000423. The van der Waals surface area contributed by atoms with Crippen LogP contribution in [0.2, 0.25) is 0 Å². The van der Waals surface area contributed by atoms with E-state index in [-0.39, 0.29) is 6.61 Å². The standard InChI is InChI=1S/C9H12O2.H3O3P/c10-7-6-9(11)8-4-2-1-3-5-8;1-4(2)3/h1-5,9-11H,6-7H2;1-3H. The molecule has 86 valence electrons. The quantitative estimate of drug-likeness (QED) is 0.484. The van der Waals surface area contributed by atoms with E-state index < -0.39 is 14.7 Å². The predicted octanol–water partition coefficient (Wildman–Crippen LogP) is 0.293. The van der Waals surface area contributed by atoms with E-state index in [1.54, 1.807) is 0 Å². The Morgan fingerprint density at radius 2 is 1.53 bits per heavy atom. The maximum absolute atomic E-state index is 9.36. The van der Waals surface area contributed by atoms with E-state index in [1.807, 2.05) is 30.3 Å². The van der Waals surface area contributed by atoms with Crippen molar-refractivity contribution in [3.05, 3.63) is 35.9 Å². The summed E-state index contributed by atoms with van der Waals surface area (Å²) in [4.78, 5) is 21.7. The number of hydrogen-bond acceptors (Lipinski definition) is 5. The van der Waals surface area contributed by atoms with Gasteiger partial charge in [0.25, 0.3) is 0 Å². The van der Waals surface area contributed by atoms with Gasteiger partial charge in [0.1, 0.15) is 0 Å². The molecule has 0 saturated heterocycles. The Hall–Kier alpha value is -0.550. The van der Waals surface area contributed by atoms with Gasteiger partial charge in [0, 0.05) is 13.0 Å². The Morgan fingerprint density at radius 1 is 1.07 bits per heavy atom. The van der Waals surface area contributed by atoms with Gasteiger partial charge in [-0.15, -0.1) is 0 Å². The van der Waals surface area contributed by atoms with E-state index in [9.17, 15) is 5.11 Å². The minimum atomic E-state index is -2.62. The van der Waals surface area contributed by atoms with Crippen molar-refractivity contribution >= 4 is 8.60 Å². The van der Waals surface area contributed by atoms with Crippen LogP contribution in [-0.2, 0) is 0 Å². The Morgan fingerprint density at radius 3 is 1.93 bits per heavy atom. The van der Waals surface area contributed by atoms with Gasteiger partial charge in [-0.25, -0.2) is 0 Å². The van der Waals surface area contributed by atoms with Crippen molar-refractivity contribution in [2.24, 2.45) is 0 Å². The van der Waals surface area contributed by atoms with Crippen molar-refractivity contribution in [1.29, 1.82) is 0 Å². The van der Waals surface area contributed by atoms with E-state index >= 15 is 0 Å². The largest absolute Gasteiger partial charge is 0.396 e. The topological polar surface area (TPSA) is 101 Å². The van der Waals surface area contributed by atoms with Crippen LogP contribution < -0.4 is 0 Å². The van der Waals surface area contributed by atoms with Crippen LogP contribution >= 0.6 is 8.60 Å². The number of aliphatic hydroxyl groups is 2. The first-order valence-corrected chi connectivity index (χ1v) is 5.48. The highest BCUT2D eigenvalue weighted by Crippen LogP contribution is 2.14. The van der Waals surface area contributed by atoms with Crippen molar-refractivity contribution in [2.45, 2.75) is 12.5 Å². The summed E-state index contributed by atoms with van der Waals surface area (Å²) in [5.41, 5.74) is 0.863. The maximum Gasteiger partial charge on any atom is 0.324 e. The van der Waals surface area contributed by atoms with Crippen LogP contribution in [0.1, 0.15) is 18.1 Å². The van der Waals surface area contributed by atoms with Crippen molar-refractivity contribution in [2.75, 3.05) is 6.61 Å². The van der Waals surface area contributed by atoms with Crippen LogP contribution in [0.25, 0.3) is 0 Å². The van der Waals surface area contributed by atoms with Crippen molar-refractivity contribution in [3.8, 4) is 0 Å². The number of aliphatic hydroxyl groups excluding tert-OH is 2. The molecule has 0 aromatic heterocycles. The zero-order chi connectivity index (χ0) is 11.7. The van der Waals surface area contributed by atoms with Gasteiger partial charge in [0.2, 0.25) is 0 Å². The summed E-state index contributed by atoms with van der Waals surface area (Å²) in [6.07, 6.45) is -0.120. The minimum Gasteiger partial charge on any atom is -0.396 e. The lowest BCUT2D eigenvalue weighted by Gasteiger charge is -2.07. The number of hydrogen-bond donors (Lipinski definition) is 5. The zero-order valence-corrected chi connectivity index (χ0v) is 8.96. The van der Waals surface area contributed by atoms with E-state index in [4.69, 9.17) is 19.8 Å². The molecule has 0 heterocycles. The van der Waals surface area contributed by atoms with Gasteiger partial charge in [-0.3, -0.25) is 0 Å². The lowest BCUT2D eigenvalue weighted by Crippen LogP contribution is -1.99. The molecule has 5 nitrogen and oxygen atoms in total. The fraction of sp³-hybridized carbons (Fsp3) is 0.333. The first-order valence-electron chi connectivity index (χ1n) is 4.28. The van der Waals surface area contributed by atoms with E-state index in [1.165, 1.54) is 0 Å². The molecular weight excluding hydrogens is 219 g/mol. The molecule has 6 heteroatoms. The summed E-state index contributed by atoms with van der Waals surface area (Å²) >= 11 is 0. The number of benzene rings is 1. The Kier molecular flexibility index (Phi) is 8.41. The molecule has 0 amide bonds. The average Bonchev–Trinajstić information content (AvgIpc) is 2.19. The second kappa shape index (κ2) is 8.73. The SMILES string of the molecule is OCCC(O)c1ccccc1.OP(O)O. The molecular formula is C9H15O5P. The summed E-state index contributed by atoms with van der Waals surface area (Å²) < 4.78 is 0. The fourth-order valence-electron chi connectivity index (χ4n) is 0.964. The molecule has 0 saturated carbocycles. The van der Waals surface area contributed by atoms with Crippen LogP contribution in [0.5, 0.6) is 0 Å². The second-order valence-corrected chi connectivity index (χ2v) is 3.24. The number of rotatable bonds is 3. The lowest BCUT2D eigenvalue weighted by molar-refractivity contribution is 0.134. The summed E-state index contributed by atoms with van der Waals surface area (Å²) in [5, 5.41) is 17.9. The summed E-state index contributed by atoms with van der Waals surface area (Å²) in [6.45, 7) is 0.0239. The minimum absolute atomic E-state index is 0.0239. The monoisotopic (exact) mass is 234 g/mol. The zero-order valence-electron chi connectivity index (χ0n) is 8.06. The van der Waals surface area contributed by atoms with Crippen LogP contribution in [0.3, 0.4) is 0 Å². The Labute approximate surface area is 89.3 Å². The van der Waals surface area contributed by atoms with Crippen molar-refractivity contribution < 1.29 is 24.9 Å². The molecule has 1 aromatic carbocycles. The van der Waals surface area contributed by atoms with Gasteiger partial charge in [-0.2, -0.15) is 0 Å². The average molecular weight is 234 g/mol. The van der Waals surface area contributed by atoms with Gasteiger partial charge in [0.15, 0.2) is 0 Å². The molecule has 1 aromatic rings. The third-order valence-corrected chi connectivity index (χ3v) is 1.59. The molecule has 0 spiro atoms. The maximum atomic E-state index is 9.36. The van der Waals surface area contributed by atoms with Crippen molar-refractivity contribution in [3.63, 3.8) is 0 Å². The van der Waals surface area contributed by atoms with Crippen LogP contribution in [-0.4, -0.2) is 31.5 Å². The van der Waals surface area contributed by atoms with Crippen LogP contribution in [0, 0.1) is 0 Å². The van der Waals surface area contributed by atoms with Crippen molar-refractivity contribution in [1.82, 2.24) is 0 Å². The smallest absolute Gasteiger partial charge is 0.324 e. The van der Waals surface area contributed by atoms with E-state index in [0.29, 0.717) is 6.42 Å². The van der Waals surface area contributed by atoms with Gasteiger partial charge in [-0.05, 0) is 5.56 Å². The molecule has 0 aliphatic carbocycles. The highest BCUT2D eigenvalue weighted by molar-refractivity contribution is 7.38. The van der Waals surface area contributed by atoms with Gasteiger partial charge < -0.3 is 24.9 Å². The molecule has 5 N–H and O–H groups in total. The van der Waals surface area contributed by atoms with E-state index in [0.717, 1.165) is 5.56 Å². The summed E-state index contributed by atoms with van der Waals surface area (Å²) in [6, 6.07) is 9.33. The molecule has 0 aliphatic rings. The second-order valence-electron chi connectivity index (χ2n) is 2.71. The molecule has 15 heavy (non-hydrogen) atoms. The summed E-state index contributed by atoms with van der Waals surface area (Å²) in [5.74, 6) is 0. The first-order chi connectivity index (χ1) is 7.07. The first kappa shape index (κ1) is 14.5. The van der Waals surface area contributed by atoms with Gasteiger partial charge >= 0.3 is 8.60 Å². The van der Waals surface area contributed by atoms with E-state index in [2.05, 4.69) is 0 Å². The molecule has 1 rings (SSSR count). The normalized spacial score (nSPS) is 11.9. The molecule has 0 radical (unpaired) electrons. The molecule has 1 unspecified atom stereocenters. The molecule has 0 fully saturated rings. The van der Waals surface area contributed by atoms with Crippen LogP contribution in [0.15, 0.2) is 30.3 Å². The van der Waals surface area contributed by atoms with Gasteiger partial charge in [0.05, 0.1) is 6.10 Å². The Bertz CT molecular complexity index is 239. The summed E-state index contributed by atoms with van der Waals surface area (Å²) in [7, 11) is -2.62. The molecule has 0 bridgehead atoms. The highest BCUT2D eigenvalue weighted by Gasteiger charge is 2.03. The third-order valence-electron chi connectivity index (χ3n) is 1.59. The fourth-order valence-corrected chi connectivity index (χ4v) is 0.964. The molecule has 0 aliphatic heterocycles. The predicted molar refractivity (Wildman–Crippen MR) is 56.7 cm³/mol. The third kappa shape index (κ3) is 8.44.